The molecule has 2 aromatic heterocycles. The Morgan fingerprint density at radius 1 is 1.46 bits per heavy atom. The topological polar surface area (TPSA) is 71.2 Å². The van der Waals surface area contributed by atoms with Gasteiger partial charge in [0.2, 0.25) is 5.89 Å². The molecule has 1 aliphatic heterocycles. The molecule has 0 spiro atoms. The number of nitrogens with zero attached hydrogens (tertiary/aromatic N) is 6. The molecule has 0 radical (unpaired) electrons. The SMILES string of the molecule is Cc1noc(CCCN(C)C[C@@H]2C[C@H](F)CN2c2ccncn2)n1. The Bertz CT molecular complexity index is 637. The highest BCUT2D eigenvalue weighted by Crippen LogP contribution is 2.25. The molecule has 2 atom stereocenters. The van der Waals surface area contributed by atoms with Gasteiger partial charge in [0, 0.05) is 31.6 Å². The van der Waals surface area contributed by atoms with E-state index in [4.69, 9.17) is 4.52 Å². The Labute approximate surface area is 140 Å². The third-order valence-electron chi connectivity index (χ3n) is 4.25. The smallest absolute Gasteiger partial charge is 0.226 e. The van der Waals surface area contributed by atoms with E-state index >= 15 is 0 Å². The van der Waals surface area contributed by atoms with Crippen LogP contribution in [-0.4, -0.2) is 63.9 Å². The molecule has 1 saturated heterocycles. The predicted octanol–water partition coefficient (Wildman–Crippen LogP) is 1.65. The van der Waals surface area contributed by atoms with Crippen LogP contribution in [0.2, 0.25) is 0 Å². The number of anilines is 1. The van der Waals surface area contributed by atoms with Gasteiger partial charge < -0.3 is 14.3 Å². The van der Waals surface area contributed by atoms with Gasteiger partial charge in [-0.2, -0.15) is 4.98 Å². The summed E-state index contributed by atoms with van der Waals surface area (Å²) in [5.74, 6) is 2.14. The lowest BCUT2D eigenvalue weighted by Gasteiger charge is -2.29. The van der Waals surface area contributed by atoms with E-state index in [0.29, 0.717) is 24.7 Å². The maximum Gasteiger partial charge on any atom is 0.226 e. The average Bonchev–Trinajstić information content (AvgIpc) is 3.14. The van der Waals surface area contributed by atoms with Gasteiger partial charge in [-0.1, -0.05) is 5.16 Å². The zero-order valence-electron chi connectivity index (χ0n) is 14.1. The Morgan fingerprint density at radius 2 is 2.33 bits per heavy atom. The van der Waals surface area contributed by atoms with Crippen molar-refractivity contribution < 1.29 is 8.91 Å². The van der Waals surface area contributed by atoms with Crippen molar-refractivity contribution in [3.63, 3.8) is 0 Å². The summed E-state index contributed by atoms with van der Waals surface area (Å²) < 4.78 is 19.0. The van der Waals surface area contributed by atoms with Crippen LogP contribution in [0, 0.1) is 6.92 Å². The van der Waals surface area contributed by atoms with Crippen molar-refractivity contribution in [1.29, 1.82) is 0 Å². The van der Waals surface area contributed by atoms with Crippen molar-refractivity contribution in [2.75, 3.05) is 31.6 Å². The van der Waals surface area contributed by atoms with Crippen LogP contribution < -0.4 is 4.90 Å². The number of rotatable bonds is 7. The van der Waals surface area contributed by atoms with Crippen LogP contribution in [-0.2, 0) is 6.42 Å². The lowest BCUT2D eigenvalue weighted by molar-refractivity contribution is 0.286. The Morgan fingerprint density at radius 3 is 3.04 bits per heavy atom. The molecule has 2 aromatic rings. The highest BCUT2D eigenvalue weighted by Gasteiger charge is 2.33. The van der Waals surface area contributed by atoms with Gasteiger partial charge >= 0.3 is 0 Å². The molecule has 1 fully saturated rings. The van der Waals surface area contributed by atoms with Crippen LogP contribution >= 0.6 is 0 Å². The van der Waals surface area contributed by atoms with Crippen molar-refractivity contribution in [1.82, 2.24) is 25.0 Å². The zero-order valence-corrected chi connectivity index (χ0v) is 14.1. The largest absolute Gasteiger partial charge is 0.349 e. The lowest BCUT2D eigenvalue weighted by atomic mass is 10.2. The van der Waals surface area contributed by atoms with Crippen LogP contribution in [0.15, 0.2) is 23.1 Å². The molecule has 3 rings (SSSR count). The number of hydrogen-bond donors (Lipinski definition) is 0. The number of halogens is 1. The summed E-state index contributed by atoms with van der Waals surface area (Å²) in [7, 11) is 2.06. The summed E-state index contributed by atoms with van der Waals surface area (Å²) in [6.45, 7) is 3.91. The Kier molecular flexibility index (Phi) is 5.34. The number of hydrogen-bond acceptors (Lipinski definition) is 7. The zero-order chi connectivity index (χ0) is 16.9. The number of aryl methyl sites for hydroxylation is 2. The van der Waals surface area contributed by atoms with E-state index in [-0.39, 0.29) is 6.04 Å². The minimum atomic E-state index is -0.806. The second-order valence-electron chi connectivity index (χ2n) is 6.31. The molecule has 0 aromatic carbocycles. The molecule has 8 heteroatoms. The van der Waals surface area contributed by atoms with Crippen molar-refractivity contribution in [3.8, 4) is 0 Å². The van der Waals surface area contributed by atoms with Gasteiger partial charge in [0.05, 0.1) is 6.54 Å². The first-order chi connectivity index (χ1) is 11.6. The summed E-state index contributed by atoms with van der Waals surface area (Å²) in [5, 5.41) is 3.79. The van der Waals surface area contributed by atoms with Crippen LogP contribution in [0.3, 0.4) is 0 Å². The normalized spacial score (nSPS) is 20.9. The van der Waals surface area contributed by atoms with Gasteiger partial charge in [-0.25, -0.2) is 14.4 Å². The van der Waals surface area contributed by atoms with Gasteiger partial charge in [-0.15, -0.1) is 0 Å². The minimum Gasteiger partial charge on any atom is -0.349 e. The lowest BCUT2D eigenvalue weighted by Crippen LogP contribution is -2.39. The van der Waals surface area contributed by atoms with E-state index < -0.39 is 6.17 Å². The van der Waals surface area contributed by atoms with Gasteiger partial charge in [0.1, 0.15) is 18.3 Å². The molecule has 0 saturated carbocycles. The second-order valence-corrected chi connectivity index (χ2v) is 6.31. The van der Waals surface area contributed by atoms with E-state index in [9.17, 15) is 4.39 Å². The molecule has 24 heavy (non-hydrogen) atoms. The Balaban J connectivity index is 1.50. The first-order valence-electron chi connectivity index (χ1n) is 8.26. The van der Waals surface area contributed by atoms with Gasteiger partial charge in [0.15, 0.2) is 5.82 Å². The molecule has 0 aliphatic carbocycles. The van der Waals surface area contributed by atoms with Crippen LogP contribution in [0.4, 0.5) is 10.2 Å². The molecule has 7 nitrogen and oxygen atoms in total. The van der Waals surface area contributed by atoms with Gasteiger partial charge in [-0.3, -0.25) is 0 Å². The van der Waals surface area contributed by atoms with Crippen molar-refractivity contribution in [2.24, 2.45) is 0 Å². The van der Waals surface area contributed by atoms with E-state index in [1.165, 1.54) is 6.33 Å². The third-order valence-corrected chi connectivity index (χ3v) is 4.25. The fraction of sp³-hybridized carbons (Fsp3) is 0.625. The standard InChI is InChI=1S/C16H23FN6O/c1-12-20-16(24-21-12)4-3-7-22(2)10-14-8-13(17)9-23(14)15-5-6-18-11-19-15/h5-6,11,13-14H,3-4,7-10H2,1-2H3/t13-,14-/m0/s1. The van der Waals surface area contributed by atoms with E-state index in [0.717, 1.165) is 31.7 Å². The van der Waals surface area contributed by atoms with Crippen molar-refractivity contribution in [3.05, 3.63) is 30.3 Å². The second kappa shape index (κ2) is 7.65. The first-order valence-corrected chi connectivity index (χ1v) is 8.26. The monoisotopic (exact) mass is 334 g/mol. The first kappa shape index (κ1) is 16.8. The van der Waals surface area contributed by atoms with Crippen molar-refractivity contribution in [2.45, 2.75) is 38.4 Å². The van der Waals surface area contributed by atoms with E-state index in [1.54, 1.807) is 6.20 Å². The number of likely N-dealkylation sites (N-methyl/N-ethyl adjacent to an activating group) is 1. The minimum absolute atomic E-state index is 0.130. The van der Waals surface area contributed by atoms with Gasteiger partial charge in [-0.05, 0) is 33.0 Å². The molecular weight excluding hydrogens is 311 g/mol. The van der Waals surface area contributed by atoms with Crippen LogP contribution in [0.1, 0.15) is 24.6 Å². The fourth-order valence-corrected chi connectivity index (χ4v) is 3.16. The molecule has 0 unspecified atom stereocenters. The number of aromatic nitrogens is 4. The molecule has 3 heterocycles. The summed E-state index contributed by atoms with van der Waals surface area (Å²) in [5.41, 5.74) is 0. The highest BCUT2D eigenvalue weighted by atomic mass is 19.1. The fourth-order valence-electron chi connectivity index (χ4n) is 3.16. The van der Waals surface area contributed by atoms with Crippen LogP contribution in [0.5, 0.6) is 0 Å². The maximum atomic E-state index is 13.9. The molecule has 0 N–H and O–H groups in total. The van der Waals surface area contributed by atoms with Crippen LogP contribution in [0.25, 0.3) is 0 Å². The third kappa shape index (κ3) is 4.25. The summed E-state index contributed by atoms with van der Waals surface area (Å²) in [4.78, 5) is 16.7. The summed E-state index contributed by atoms with van der Waals surface area (Å²) in [6.07, 6.45) is 4.63. The van der Waals surface area contributed by atoms with E-state index in [1.807, 2.05) is 17.9 Å². The van der Waals surface area contributed by atoms with Gasteiger partial charge in [0.25, 0.3) is 0 Å². The number of alkyl halides is 1. The molecule has 1 aliphatic rings. The quantitative estimate of drug-likeness (QED) is 0.762. The highest BCUT2D eigenvalue weighted by molar-refractivity contribution is 5.40. The average molecular weight is 334 g/mol. The molecule has 0 amide bonds. The Hall–Kier alpha value is -2.09. The van der Waals surface area contributed by atoms with E-state index in [2.05, 4.69) is 32.1 Å². The summed E-state index contributed by atoms with van der Waals surface area (Å²) >= 11 is 0. The maximum absolute atomic E-state index is 13.9. The summed E-state index contributed by atoms with van der Waals surface area (Å²) in [6, 6.07) is 1.97. The molecule has 130 valence electrons. The molecular formula is C16H23FN6O. The molecule has 0 bridgehead atoms. The van der Waals surface area contributed by atoms with Crippen molar-refractivity contribution >= 4 is 5.82 Å². The predicted molar refractivity (Wildman–Crippen MR) is 87.5 cm³/mol.